The number of hydrogen-bond acceptors (Lipinski definition) is 3. The van der Waals surface area contributed by atoms with E-state index in [9.17, 15) is 0 Å². The van der Waals surface area contributed by atoms with Crippen LogP contribution >= 0.6 is 11.6 Å². The van der Waals surface area contributed by atoms with E-state index in [1.807, 2.05) is 19.1 Å². The lowest BCUT2D eigenvalue weighted by Gasteiger charge is -2.24. The van der Waals surface area contributed by atoms with Crippen LogP contribution in [-0.4, -0.2) is 18.8 Å². The van der Waals surface area contributed by atoms with Gasteiger partial charge in [0.2, 0.25) is 0 Å². The third-order valence-corrected chi connectivity index (χ3v) is 3.62. The molecule has 1 aliphatic heterocycles. The van der Waals surface area contributed by atoms with Crippen LogP contribution in [0.4, 0.5) is 11.4 Å². The Morgan fingerprint density at radius 1 is 1.53 bits per heavy atom. The zero-order valence-corrected chi connectivity index (χ0v) is 11.1. The molecule has 3 N–H and O–H groups in total. The van der Waals surface area contributed by atoms with Gasteiger partial charge in [-0.1, -0.05) is 11.6 Å². The number of ether oxygens (including phenoxy) is 1. The topological polar surface area (TPSA) is 47.3 Å². The number of nitrogen functional groups attached to an aromatic ring is 1. The second-order valence-corrected chi connectivity index (χ2v) is 5.35. The van der Waals surface area contributed by atoms with Crippen molar-refractivity contribution in [2.45, 2.75) is 32.3 Å². The first-order chi connectivity index (χ1) is 8.00. The predicted molar refractivity (Wildman–Crippen MR) is 72.7 cm³/mol. The highest BCUT2D eigenvalue weighted by atomic mass is 35.5. The summed E-state index contributed by atoms with van der Waals surface area (Å²) in [4.78, 5) is 0. The number of halogens is 1. The van der Waals surface area contributed by atoms with Crippen LogP contribution in [0.3, 0.4) is 0 Å². The van der Waals surface area contributed by atoms with Crippen LogP contribution < -0.4 is 11.1 Å². The van der Waals surface area contributed by atoms with Crippen molar-refractivity contribution in [1.82, 2.24) is 0 Å². The van der Waals surface area contributed by atoms with Crippen molar-refractivity contribution in [3.05, 3.63) is 22.7 Å². The molecule has 0 radical (unpaired) electrons. The fourth-order valence-corrected chi connectivity index (χ4v) is 2.32. The summed E-state index contributed by atoms with van der Waals surface area (Å²) in [7, 11) is 0. The minimum absolute atomic E-state index is 0.0553. The van der Waals surface area contributed by atoms with Gasteiger partial charge in [0.05, 0.1) is 16.3 Å². The standard InChI is InChI=1S/C13H19ClN2O/c1-9-6-11(15)10(14)7-12(9)16-8-13(2)4-3-5-17-13/h6-7,16H,3-5,8,15H2,1-2H3. The van der Waals surface area contributed by atoms with Gasteiger partial charge in [0.15, 0.2) is 0 Å². The number of aryl methyl sites for hydroxylation is 1. The number of nitrogens with one attached hydrogen (secondary N) is 1. The van der Waals surface area contributed by atoms with Crippen molar-refractivity contribution in [2.24, 2.45) is 0 Å². The molecule has 3 nitrogen and oxygen atoms in total. The molecule has 1 aromatic rings. The molecular weight excluding hydrogens is 236 g/mol. The van der Waals surface area contributed by atoms with E-state index in [1.165, 1.54) is 0 Å². The molecular formula is C13H19ClN2O. The largest absolute Gasteiger partial charge is 0.398 e. The minimum atomic E-state index is -0.0553. The van der Waals surface area contributed by atoms with E-state index in [4.69, 9.17) is 22.1 Å². The lowest BCUT2D eigenvalue weighted by molar-refractivity contribution is 0.0315. The molecule has 1 atom stereocenters. The molecule has 2 rings (SSSR count). The molecule has 1 aliphatic rings. The van der Waals surface area contributed by atoms with Crippen molar-refractivity contribution in [3.63, 3.8) is 0 Å². The normalized spacial score (nSPS) is 23.9. The zero-order chi connectivity index (χ0) is 12.5. The van der Waals surface area contributed by atoms with Crippen LogP contribution in [0.5, 0.6) is 0 Å². The molecule has 1 heterocycles. The first kappa shape index (κ1) is 12.5. The highest BCUT2D eigenvalue weighted by Crippen LogP contribution is 2.29. The van der Waals surface area contributed by atoms with Crippen LogP contribution in [0.15, 0.2) is 12.1 Å². The lowest BCUT2D eigenvalue weighted by atomic mass is 10.0. The van der Waals surface area contributed by atoms with E-state index in [0.717, 1.165) is 37.2 Å². The van der Waals surface area contributed by atoms with Gasteiger partial charge in [0, 0.05) is 18.8 Å². The van der Waals surface area contributed by atoms with Crippen LogP contribution in [-0.2, 0) is 4.74 Å². The highest BCUT2D eigenvalue weighted by Gasteiger charge is 2.29. The second-order valence-electron chi connectivity index (χ2n) is 4.94. The van der Waals surface area contributed by atoms with Gasteiger partial charge in [0.25, 0.3) is 0 Å². The summed E-state index contributed by atoms with van der Waals surface area (Å²) >= 11 is 6.02. The van der Waals surface area contributed by atoms with Crippen molar-refractivity contribution >= 4 is 23.0 Å². The molecule has 1 saturated heterocycles. The van der Waals surface area contributed by atoms with E-state index in [2.05, 4.69) is 12.2 Å². The van der Waals surface area contributed by atoms with Crippen LogP contribution in [0, 0.1) is 6.92 Å². The molecule has 0 amide bonds. The lowest BCUT2D eigenvalue weighted by Crippen LogP contribution is -2.32. The van der Waals surface area contributed by atoms with Gasteiger partial charge in [-0.3, -0.25) is 0 Å². The minimum Gasteiger partial charge on any atom is -0.398 e. The molecule has 0 saturated carbocycles. The summed E-state index contributed by atoms with van der Waals surface area (Å²) in [6.45, 7) is 5.82. The molecule has 4 heteroatoms. The van der Waals surface area contributed by atoms with E-state index < -0.39 is 0 Å². The molecule has 94 valence electrons. The zero-order valence-electron chi connectivity index (χ0n) is 10.3. The molecule has 17 heavy (non-hydrogen) atoms. The van der Waals surface area contributed by atoms with Crippen LogP contribution in [0.1, 0.15) is 25.3 Å². The average Bonchev–Trinajstić information content (AvgIpc) is 2.69. The maximum Gasteiger partial charge on any atom is 0.0826 e. The summed E-state index contributed by atoms with van der Waals surface area (Å²) in [5.74, 6) is 0. The number of anilines is 2. The second kappa shape index (κ2) is 4.75. The Balaban J connectivity index is 2.06. The summed E-state index contributed by atoms with van der Waals surface area (Å²) in [5, 5.41) is 3.99. The van der Waals surface area contributed by atoms with Gasteiger partial charge in [0.1, 0.15) is 0 Å². The predicted octanol–water partition coefficient (Wildman–Crippen LogP) is 3.21. The average molecular weight is 255 g/mol. The highest BCUT2D eigenvalue weighted by molar-refractivity contribution is 6.33. The summed E-state index contributed by atoms with van der Waals surface area (Å²) < 4.78 is 5.74. The number of benzene rings is 1. The Kier molecular flexibility index (Phi) is 3.50. The van der Waals surface area contributed by atoms with Gasteiger partial charge in [-0.15, -0.1) is 0 Å². The number of nitrogens with two attached hydrogens (primary N) is 1. The van der Waals surface area contributed by atoms with Gasteiger partial charge < -0.3 is 15.8 Å². The third-order valence-electron chi connectivity index (χ3n) is 3.30. The SMILES string of the molecule is Cc1cc(N)c(Cl)cc1NCC1(C)CCCO1. The molecule has 1 fully saturated rings. The van der Waals surface area contributed by atoms with E-state index in [0.29, 0.717) is 10.7 Å². The van der Waals surface area contributed by atoms with Crippen molar-refractivity contribution < 1.29 is 4.74 Å². The quantitative estimate of drug-likeness (QED) is 0.815. The van der Waals surface area contributed by atoms with Crippen LogP contribution in [0.2, 0.25) is 5.02 Å². The van der Waals surface area contributed by atoms with E-state index in [1.54, 1.807) is 0 Å². The molecule has 0 bridgehead atoms. The van der Waals surface area contributed by atoms with Crippen molar-refractivity contribution in [3.8, 4) is 0 Å². The van der Waals surface area contributed by atoms with E-state index >= 15 is 0 Å². The Morgan fingerprint density at radius 2 is 2.29 bits per heavy atom. The first-order valence-corrected chi connectivity index (χ1v) is 6.31. The summed E-state index contributed by atoms with van der Waals surface area (Å²) in [5.41, 5.74) is 8.45. The maximum absolute atomic E-state index is 6.02. The Hall–Kier alpha value is -0.930. The fraction of sp³-hybridized carbons (Fsp3) is 0.538. The van der Waals surface area contributed by atoms with Gasteiger partial charge >= 0.3 is 0 Å². The Morgan fingerprint density at radius 3 is 2.94 bits per heavy atom. The van der Waals surface area contributed by atoms with Crippen molar-refractivity contribution in [2.75, 3.05) is 24.2 Å². The summed E-state index contributed by atoms with van der Waals surface area (Å²) in [6.07, 6.45) is 2.24. The van der Waals surface area contributed by atoms with Crippen LogP contribution in [0.25, 0.3) is 0 Å². The number of rotatable bonds is 3. The molecule has 0 aromatic heterocycles. The Bertz CT molecular complexity index is 414. The van der Waals surface area contributed by atoms with Crippen molar-refractivity contribution in [1.29, 1.82) is 0 Å². The van der Waals surface area contributed by atoms with Gasteiger partial charge in [-0.25, -0.2) is 0 Å². The summed E-state index contributed by atoms with van der Waals surface area (Å²) in [6, 6.07) is 3.77. The van der Waals surface area contributed by atoms with Gasteiger partial charge in [-0.2, -0.15) is 0 Å². The fourth-order valence-electron chi connectivity index (χ4n) is 2.15. The monoisotopic (exact) mass is 254 g/mol. The molecule has 1 aromatic carbocycles. The molecule has 0 aliphatic carbocycles. The van der Waals surface area contributed by atoms with Gasteiger partial charge in [-0.05, 0) is 44.4 Å². The molecule has 0 spiro atoms. The first-order valence-electron chi connectivity index (χ1n) is 5.94. The Labute approximate surface area is 107 Å². The number of hydrogen-bond donors (Lipinski definition) is 2. The van der Waals surface area contributed by atoms with E-state index in [-0.39, 0.29) is 5.60 Å². The molecule has 1 unspecified atom stereocenters. The smallest absolute Gasteiger partial charge is 0.0826 e. The third kappa shape index (κ3) is 2.85. The maximum atomic E-state index is 6.02.